The van der Waals surface area contributed by atoms with Gasteiger partial charge in [-0.1, -0.05) is 182 Å². The molecule has 0 spiro atoms. The van der Waals surface area contributed by atoms with Gasteiger partial charge in [-0.2, -0.15) is 0 Å². The van der Waals surface area contributed by atoms with Crippen LogP contribution in [0.15, 0.2) is 255 Å². The number of benzene rings is 10. The molecule has 0 saturated carbocycles. The van der Waals surface area contributed by atoms with E-state index >= 15 is 0 Å². The molecule has 11 aromatic rings. The van der Waals surface area contributed by atoms with Crippen LogP contribution < -0.4 is 4.90 Å². The van der Waals surface area contributed by atoms with Crippen molar-refractivity contribution in [2.75, 3.05) is 4.90 Å². The van der Waals surface area contributed by atoms with Crippen molar-refractivity contribution < 1.29 is 0 Å². The van der Waals surface area contributed by atoms with Crippen LogP contribution in [0, 0.1) is 0 Å². The van der Waals surface area contributed by atoms with E-state index in [1.54, 1.807) is 0 Å². The summed E-state index contributed by atoms with van der Waals surface area (Å²) in [6.07, 6.45) is 0. The Morgan fingerprint density at radius 2 is 0.825 bits per heavy atom. The quantitative estimate of drug-likeness (QED) is 0.149. The van der Waals surface area contributed by atoms with Gasteiger partial charge >= 0.3 is 0 Å². The van der Waals surface area contributed by atoms with E-state index in [0.29, 0.717) is 0 Å². The maximum absolute atomic E-state index is 2.44. The van der Waals surface area contributed by atoms with Gasteiger partial charge < -0.3 is 9.47 Å². The Bertz CT molecular complexity index is 3380. The number of rotatable bonds is 8. The lowest BCUT2D eigenvalue weighted by atomic mass is 9.67. The average molecular weight is 803 g/mol. The smallest absolute Gasteiger partial charge is 0.0714 e. The second-order valence-electron chi connectivity index (χ2n) is 16.5. The minimum Gasteiger partial charge on any atom is -0.310 e. The molecule has 2 nitrogen and oxygen atoms in total. The maximum Gasteiger partial charge on any atom is 0.0714 e. The molecule has 63 heavy (non-hydrogen) atoms. The van der Waals surface area contributed by atoms with Crippen LogP contribution in [0.25, 0.3) is 60.9 Å². The van der Waals surface area contributed by atoms with Gasteiger partial charge in [-0.05, 0) is 128 Å². The van der Waals surface area contributed by atoms with Crippen LogP contribution in [0.5, 0.6) is 0 Å². The number of anilines is 3. The van der Waals surface area contributed by atoms with Crippen molar-refractivity contribution in [3.05, 3.63) is 277 Å². The predicted octanol–water partition coefficient (Wildman–Crippen LogP) is 16.0. The van der Waals surface area contributed by atoms with E-state index in [2.05, 4.69) is 264 Å². The van der Waals surface area contributed by atoms with E-state index in [4.69, 9.17) is 0 Å². The first-order chi connectivity index (χ1) is 31.3. The molecule has 1 aliphatic carbocycles. The summed E-state index contributed by atoms with van der Waals surface area (Å²) in [5.74, 6) is 0. The molecular weight excluding hydrogens is 761 g/mol. The standard InChI is InChI=1S/C61H42N2/c1-5-20-47(21-6-1)61(48-22-7-2-8-23-48)57-30-15-13-28-53(57)54-38-37-52(42-58(54)61)62(49-24-9-3-10-25-49)51-35-32-43(33-36-51)44-18-17-19-45(40-44)46-34-39-60-56(41-46)55-29-14-16-31-59(55)63(60)50-26-11-4-12-27-50/h1-42H. The molecular formula is C61H42N2. The van der Waals surface area contributed by atoms with Crippen LogP contribution in [0.4, 0.5) is 17.1 Å². The van der Waals surface area contributed by atoms with Crippen LogP contribution in [0.1, 0.15) is 22.3 Å². The minimum atomic E-state index is -0.481. The Morgan fingerprint density at radius 1 is 0.302 bits per heavy atom. The highest BCUT2D eigenvalue weighted by Gasteiger charge is 2.46. The van der Waals surface area contributed by atoms with Crippen molar-refractivity contribution in [3.63, 3.8) is 0 Å². The highest BCUT2D eigenvalue weighted by molar-refractivity contribution is 6.10. The lowest BCUT2D eigenvalue weighted by molar-refractivity contribution is 0.768. The second-order valence-corrected chi connectivity index (χ2v) is 16.5. The summed E-state index contributed by atoms with van der Waals surface area (Å²) in [6.45, 7) is 0. The van der Waals surface area contributed by atoms with Crippen molar-refractivity contribution in [3.8, 4) is 39.1 Å². The van der Waals surface area contributed by atoms with E-state index in [9.17, 15) is 0 Å². The molecule has 2 heteroatoms. The molecule has 1 aromatic heterocycles. The number of aromatic nitrogens is 1. The Labute approximate surface area is 368 Å². The van der Waals surface area contributed by atoms with Crippen molar-refractivity contribution in [1.82, 2.24) is 4.57 Å². The SMILES string of the molecule is c1ccc(N(c2ccc(-c3cccc(-c4ccc5c(c4)c4ccccc4n5-c4ccccc4)c3)cc2)c2ccc3c(c2)C(c2ccccc2)(c2ccccc2)c2ccccc2-3)cc1. The molecule has 0 bridgehead atoms. The van der Waals surface area contributed by atoms with Crippen molar-refractivity contribution in [2.45, 2.75) is 5.41 Å². The van der Waals surface area contributed by atoms with Gasteiger partial charge in [0.1, 0.15) is 0 Å². The lowest BCUT2D eigenvalue weighted by Gasteiger charge is -2.35. The topological polar surface area (TPSA) is 8.17 Å². The van der Waals surface area contributed by atoms with Gasteiger partial charge in [-0.15, -0.1) is 0 Å². The monoisotopic (exact) mass is 802 g/mol. The predicted molar refractivity (Wildman–Crippen MR) is 264 cm³/mol. The lowest BCUT2D eigenvalue weighted by Crippen LogP contribution is -2.28. The summed E-state index contributed by atoms with van der Waals surface area (Å²) in [5.41, 5.74) is 18.9. The zero-order valence-corrected chi connectivity index (χ0v) is 34.6. The van der Waals surface area contributed by atoms with Crippen LogP contribution in [-0.2, 0) is 5.41 Å². The van der Waals surface area contributed by atoms with E-state index in [0.717, 1.165) is 17.1 Å². The van der Waals surface area contributed by atoms with Gasteiger partial charge in [-0.3, -0.25) is 0 Å². The van der Waals surface area contributed by atoms with Gasteiger partial charge in [-0.25, -0.2) is 0 Å². The Hall–Kier alpha value is -8.20. The van der Waals surface area contributed by atoms with E-state index in [1.165, 1.54) is 83.1 Å². The summed E-state index contributed by atoms with van der Waals surface area (Å²) in [5, 5.41) is 2.51. The van der Waals surface area contributed by atoms with Gasteiger partial charge in [0.05, 0.1) is 16.4 Å². The Balaban J connectivity index is 0.945. The highest BCUT2D eigenvalue weighted by Crippen LogP contribution is 2.57. The fourth-order valence-corrected chi connectivity index (χ4v) is 10.3. The third kappa shape index (κ3) is 5.95. The summed E-state index contributed by atoms with van der Waals surface area (Å²) in [4.78, 5) is 2.39. The number of hydrogen-bond donors (Lipinski definition) is 0. The first-order valence-electron chi connectivity index (χ1n) is 21.8. The van der Waals surface area contributed by atoms with Crippen molar-refractivity contribution >= 4 is 38.9 Å². The molecule has 0 atom stereocenters. The number of hydrogen-bond acceptors (Lipinski definition) is 1. The Morgan fingerprint density at radius 3 is 1.56 bits per heavy atom. The number of para-hydroxylation sites is 3. The first kappa shape index (κ1) is 36.6. The van der Waals surface area contributed by atoms with Crippen molar-refractivity contribution in [2.24, 2.45) is 0 Å². The first-order valence-corrected chi connectivity index (χ1v) is 21.8. The maximum atomic E-state index is 2.44. The molecule has 0 unspecified atom stereocenters. The van der Waals surface area contributed by atoms with Gasteiger partial charge in [0.15, 0.2) is 0 Å². The van der Waals surface area contributed by atoms with Gasteiger partial charge in [0.2, 0.25) is 0 Å². The zero-order chi connectivity index (χ0) is 41.7. The molecule has 12 rings (SSSR count). The fourth-order valence-electron chi connectivity index (χ4n) is 10.3. The normalized spacial score (nSPS) is 12.6. The summed E-state index contributed by atoms with van der Waals surface area (Å²) >= 11 is 0. The molecule has 0 saturated heterocycles. The van der Waals surface area contributed by atoms with Crippen LogP contribution >= 0.6 is 0 Å². The van der Waals surface area contributed by atoms with Crippen molar-refractivity contribution in [1.29, 1.82) is 0 Å². The zero-order valence-electron chi connectivity index (χ0n) is 34.6. The average Bonchev–Trinajstić information content (AvgIpc) is 3.86. The summed E-state index contributed by atoms with van der Waals surface area (Å²) in [6, 6.07) is 93.1. The molecule has 0 aliphatic heterocycles. The summed E-state index contributed by atoms with van der Waals surface area (Å²) < 4.78 is 2.37. The molecule has 0 fully saturated rings. The molecule has 296 valence electrons. The third-order valence-electron chi connectivity index (χ3n) is 13.1. The largest absolute Gasteiger partial charge is 0.310 e. The third-order valence-corrected chi connectivity index (χ3v) is 13.1. The van der Waals surface area contributed by atoms with E-state index < -0.39 is 5.41 Å². The molecule has 0 amide bonds. The number of fused-ring (bicyclic) bond motifs is 6. The molecule has 0 N–H and O–H groups in total. The minimum absolute atomic E-state index is 0.481. The molecule has 10 aromatic carbocycles. The van der Waals surface area contributed by atoms with Gasteiger partial charge in [0, 0.05) is 33.5 Å². The van der Waals surface area contributed by atoms with Gasteiger partial charge in [0.25, 0.3) is 0 Å². The number of nitrogens with zero attached hydrogens (tertiary/aromatic N) is 2. The summed E-state index contributed by atoms with van der Waals surface area (Å²) in [7, 11) is 0. The Kier molecular flexibility index (Phi) is 8.76. The van der Waals surface area contributed by atoms with E-state index in [1.807, 2.05) is 0 Å². The molecule has 0 radical (unpaired) electrons. The second kappa shape index (κ2) is 15.1. The molecule has 1 heterocycles. The van der Waals surface area contributed by atoms with Crippen LogP contribution in [-0.4, -0.2) is 4.57 Å². The fraction of sp³-hybridized carbons (Fsp3) is 0.0164. The highest BCUT2D eigenvalue weighted by atomic mass is 15.1. The van der Waals surface area contributed by atoms with E-state index in [-0.39, 0.29) is 0 Å². The van der Waals surface area contributed by atoms with Crippen LogP contribution in [0.2, 0.25) is 0 Å². The molecule has 1 aliphatic rings. The van der Waals surface area contributed by atoms with Crippen LogP contribution in [0.3, 0.4) is 0 Å².